The van der Waals surface area contributed by atoms with Crippen molar-refractivity contribution in [2.24, 2.45) is 10.2 Å². The molecule has 0 aromatic heterocycles. The minimum absolute atomic E-state index is 0.206. The fourth-order valence-corrected chi connectivity index (χ4v) is 2.59. The molecular formula is C19H28N4O4. The molecule has 2 heterocycles. The van der Waals surface area contributed by atoms with Gasteiger partial charge in [-0.25, -0.2) is 10.9 Å². The topological polar surface area (TPSA) is 101 Å². The van der Waals surface area contributed by atoms with Gasteiger partial charge in [-0.05, 0) is 58.1 Å². The van der Waals surface area contributed by atoms with E-state index in [1.54, 1.807) is 25.0 Å². The molecule has 0 radical (unpaired) electrons. The van der Waals surface area contributed by atoms with E-state index in [9.17, 15) is 9.59 Å². The van der Waals surface area contributed by atoms with E-state index in [1.807, 2.05) is 26.0 Å². The van der Waals surface area contributed by atoms with E-state index in [1.165, 1.54) is 0 Å². The molecule has 0 bridgehead atoms. The van der Waals surface area contributed by atoms with Gasteiger partial charge >= 0.3 is 0 Å². The lowest BCUT2D eigenvalue weighted by Crippen LogP contribution is -2.32. The molecule has 8 nitrogen and oxygen atoms in total. The number of hydrogen-bond donors (Lipinski definition) is 2. The normalized spacial score (nSPS) is 27.3. The number of ether oxygens (including phenoxy) is 2. The van der Waals surface area contributed by atoms with Gasteiger partial charge in [0.2, 0.25) is 11.8 Å². The van der Waals surface area contributed by atoms with E-state index in [4.69, 9.17) is 9.47 Å². The van der Waals surface area contributed by atoms with Gasteiger partial charge < -0.3 is 9.47 Å². The molecule has 2 unspecified atom stereocenters. The van der Waals surface area contributed by atoms with Crippen LogP contribution in [-0.2, 0) is 19.1 Å². The van der Waals surface area contributed by atoms with Crippen LogP contribution in [0.15, 0.2) is 34.9 Å². The number of allylic oxidation sites excluding steroid dienone is 2. The maximum atomic E-state index is 11.8. The Morgan fingerprint density at radius 2 is 1.37 bits per heavy atom. The van der Waals surface area contributed by atoms with Crippen LogP contribution in [-0.4, -0.2) is 35.4 Å². The fraction of sp³-hybridized carbons (Fsp3) is 0.579. The zero-order chi connectivity index (χ0) is 19.6. The lowest BCUT2D eigenvalue weighted by atomic mass is 10.00. The molecule has 2 rings (SSSR count). The van der Waals surface area contributed by atoms with Crippen molar-refractivity contribution in [2.75, 3.05) is 0 Å². The Labute approximate surface area is 159 Å². The van der Waals surface area contributed by atoms with E-state index in [0.29, 0.717) is 6.42 Å². The van der Waals surface area contributed by atoms with Crippen LogP contribution >= 0.6 is 0 Å². The molecular weight excluding hydrogens is 348 g/mol. The highest BCUT2D eigenvalue weighted by Gasteiger charge is 2.24. The first-order chi connectivity index (χ1) is 12.9. The number of nitrogens with zero attached hydrogens (tertiary/aromatic N) is 2. The van der Waals surface area contributed by atoms with E-state index in [0.717, 1.165) is 25.7 Å². The van der Waals surface area contributed by atoms with Gasteiger partial charge in [-0.1, -0.05) is 0 Å². The average Bonchev–Trinajstić information content (AvgIpc) is 2.62. The third-order valence-corrected chi connectivity index (χ3v) is 4.34. The maximum absolute atomic E-state index is 11.8. The highest BCUT2D eigenvalue weighted by molar-refractivity contribution is 5.80. The first kappa shape index (κ1) is 20.7. The first-order valence-corrected chi connectivity index (χ1v) is 9.23. The van der Waals surface area contributed by atoms with Crippen LogP contribution in [0.5, 0.6) is 0 Å². The van der Waals surface area contributed by atoms with Crippen molar-refractivity contribution in [1.29, 1.82) is 0 Å². The third-order valence-electron chi connectivity index (χ3n) is 4.34. The largest absolute Gasteiger partial charge is 0.490 e. The number of rotatable bonds is 8. The SMILES string of the molecule is CC1(C=NNC(=O)CCCC(=O)NN=CC2(C)CCC=CO2)CCC=CO1. The number of nitrogens with one attached hydrogen (secondary N) is 2. The number of carbonyl (C=O) groups is 2. The predicted molar refractivity (Wildman–Crippen MR) is 103 cm³/mol. The van der Waals surface area contributed by atoms with Crippen LogP contribution in [0.1, 0.15) is 58.8 Å². The van der Waals surface area contributed by atoms with Gasteiger partial charge in [0.05, 0.1) is 25.0 Å². The molecule has 0 aromatic carbocycles. The lowest BCUT2D eigenvalue weighted by molar-refractivity contribution is -0.122. The molecule has 27 heavy (non-hydrogen) atoms. The van der Waals surface area contributed by atoms with Gasteiger partial charge in [-0.3, -0.25) is 9.59 Å². The van der Waals surface area contributed by atoms with Crippen LogP contribution < -0.4 is 10.9 Å². The minimum atomic E-state index is -0.492. The minimum Gasteiger partial charge on any atom is -0.490 e. The van der Waals surface area contributed by atoms with E-state index in [-0.39, 0.29) is 24.7 Å². The van der Waals surface area contributed by atoms with Crippen molar-refractivity contribution >= 4 is 24.2 Å². The smallest absolute Gasteiger partial charge is 0.240 e. The Morgan fingerprint density at radius 1 is 0.926 bits per heavy atom. The second kappa shape index (κ2) is 9.89. The monoisotopic (exact) mass is 376 g/mol. The van der Waals surface area contributed by atoms with Gasteiger partial charge in [-0.2, -0.15) is 10.2 Å². The van der Waals surface area contributed by atoms with Crippen LogP contribution in [0.25, 0.3) is 0 Å². The Hall–Kier alpha value is -2.64. The molecule has 0 aromatic rings. The summed E-state index contributed by atoms with van der Waals surface area (Å²) in [5.74, 6) is -0.486. The molecule has 2 aliphatic rings. The molecule has 0 spiro atoms. The van der Waals surface area contributed by atoms with Crippen LogP contribution in [0.4, 0.5) is 0 Å². The maximum Gasteiger partial charge on any atom is 0.240 e. The number of amides is 2. The first-order valence-electron chi connectivity index (χ1n) is 9.23. The average molecular weight is 376 g/mol. The van der Waals surface area contributed by atoms with Crippen molar-refractivity contribution < 1.29 is 19.1 Å². The van der Waals surface area contributed by atoms with Crippen molar-refractivity contribution in [3.8, 4) is 0 Å². The predicted octanol–water partition coefficient (Wildman–Crippen LogP) is 2.53. The molecule has 2 N–H and O–H groups in total. The number of hydrogen-bond acceptors (Lipinski definition) is 6. The van der Waals surface area contributed by atoms with Crippen LogP contribution in [0.3, 0.4) is 0 Å². The van der Waals surface area contributed by atoms with Gasteiger partial charge in [0, 0.05) is 12.8 Å². The number of hydrazone groups is 2. The summed E-state index contributed by atoms with van der Waals surface area (Å²) in [6, 6.07) is 0. The molecule has 2 amide bonds. The molecule has 2 atom stereocenters. The van der Waals surface area contributed by atoms with Crippen molar-refractivity contribution in [3.05, 3.63) is 24.7 Å². The van der Waals surface area contributed by atoms with Crippen LogP contribution in [0.2, 0.25) is 0 Å². The van der Waals surface area contributed by atoms with Gasteiger partial charge in [0.25, 0.3) is 0 Å². The standard InChI is InChI=1S/C19H28N4O4/c1-18(10-3-5-12-26-18)14-20-22-16(24)8-7-9-17(25)23-21-15-19(2)11-4-6-13-27-19/h5-6,12-15H,3-4,7-11H2,1-2H3,(H,22,24)(H,23,25). The van der Waals surface area contributed by atoms with Crippen molar-refractivity contribution in [1.82, 2.24) is 10.9 Å². The molecule has 0 saturated carbocycles. The molecule has 8 heteroatoms. The molecule has 0 saturated heterocycles. The Bertz CT molecular complexity index is 590. The zero-order valence-electron chi connectivity index (χ0n) is 15.9. The van der Waals surface area contributed by atoms with E-state index in [2.05, 4.69) is 21.1 Å². The van der Waals surface area contributed by atoms with Crippen LogP contribution in [0, 0.1) is 0 Å². The summed E-state index contributed by atoms with van der Waals surface area (Å²) in [5.41, 5.74) is 3.94. The summed E-state index contributed by atoms with van der Waals surface area (Å²) in [5, 5.41) is 7.89. The summed E-state index contributed by atoms with van der Waals surface area (Å²) in [7, 11) is 0. The van der Waals surface area contributed by atoms with Gasteiger partial charge in [-0.15, -0.1) is 0 Å². The molecule has 0 aliphatic carbocycles. The Balaban J connectivity index is 1.59. The Kier molecular flexibility index (Phi) is 7.57. The molecule has 0 fully saturated rings. The third kappa shape index (κ3) is 7.64. The summed E-state index contributed by atoms with van der Waals surface area (Å²) < 4.78 is 11.0. The van der Waals surface area contributed by atoms with Crippen molar-refractivity contribution in [3.63, 3.8) is 0 Å². The number of carbonyl (C=O) groups excluding carboxylic acids is 2. The quantitative estimate of drug-likeness (QED) is 0.502. The highest BCUT2D eigenvalue weighted by Crippen LogP contribution is 2.21. The van der Waals surface area contributed by atoms with Gasteiger partial charge in [0.1, 0.15) is 11.2 Å². The van der Waals surface area contributed by atoms with Gasteiger partial charge in [0.15, 0.2) is 0 Å². The summed E-state index contributed by atoms with van der Waals surface area (Å²) in [4.78, 5) is 23.5. The molecule has 2 aliphatic heterocycles. The summed E-state index contributed by atoms with van der Waals surface area (Å²) >= 11 is 0. The van der Waals surface area contributed by atoms with E-state index >= 15 is 0 Å². The zero-order valence-corrected chi connectivity index (χ0v) is 15.9. The lowest BCUT2D eigenvalue weighted by Gasteiger charge is -2.26. The summed E-state index contributed by atoms with van der Waals surface area (Å²) in [6.07, 6.45) is 14.7. The van der Waals surface area contributed by atoms with Crippen molar-refractivity contribution in [2.45, 2.75) is 70.0 Å². The Morgan fingerprint density at radius 3 is 1.74 bits per heavy atom. The second-order valence-corrected chi connectivity index (χ2v) is 7.12. The second-order valence-electron chi connectivity index (χ2n) is 7.12. The highest BCUT2D eigenvalue weighted by atomic mass is 16.5. The fourth-order valence-electron chi connectivity index (χ4n) is 2.59. The van der Waals surface area contributed by atoms with E-state index < -0.39 is 11.2 Å². The molecule has 148 valence electrons. The summed E-state index contributed by atoms with van der Waals surface area (Å²) in [6.45, 7) is 3.82.